The molecule has 4 nitrogen and oxygen atoms in total. The van der Waals surface area contributed by atoms with Crippen molar-refractivity contribution in [3.05, 3.63) is 11.8 Å². The van der Waals surface area contributed by atoms with Gasteiger partial charge in [0.1, 0.15) is 5.70 Å². The second-order valence-electron chi connectivity index (χ2n) is 4.39. The highest BCUT2D eigenvalue weighted by Gasteiger charge is 2.33. The molecule has 0 aliphatic carbocycles. The van der Waals surface area contributed by atoms with E-state index in [0.29, 0.717) is 13.0 Å². The van der Waals surface area contributed by atoms with E-state index in [1.54, 1.807) is 26.8 Å². The van der Waals surface area contributed by atoms with Crippen molar-refractivity contribution in [2.45, 2.75) is 27.2 Å². The maximum absolute atomic E-state index is 11.8. The summed E-state index contributed by atoms with van der Waals surface area (Å²) in [6, 6.07) is 0. The summed E-state index contributed by atoms with van der Waals surface area (Å²) in [6.45, 7) is 5.84. The average molecular weight is 197 g/mol. The van der Waals surface area contributed by atoms with E-state index in [9.17, 15) is 9.59 Å². The highest BCUT2D eigenvalue weighted by atomic mass is 16.4. The molecule has 0 aromatic rings. The number of carbonyl (C=O) groups excluding carboxylic acids is 1. The zero-order chi connectivity index (χ0) is 10.9. The molecule has 1 heterocycles. The molecule has 0 unspecified atom stereocenters. The van der Waals surface area contributed by atoms with Crippen LogP contribution in [-0.2, 0) is 9.59 Å². The van der Waals surface area contributed by atoms with Crippen molar-refractivity contribution in [1.29, 1.82) is 0 Å². The molecule has 0 saturated heterocycles. The number of nitrogens with zero attached hydrogens (tertiary/aromatic N) is 1. The minimum atomic E-state index is -1.03. The summed E-state index contributed by atoms with van der Waals surface area (Å²) < 4.78 is 0. The molecule has 1 N–H and O–H groups in total. The zero-order valence-electron chi connectivity index (χ0n) is 8.70. The van der Waals surface area contributed by atoms with Gasteiger partial charge in [-0.3, -0.25) is 4.79 Å². The van der Waals surface area contributed by atoms with Gasteiger partial charge in [-0.1, -0.05) is 26.8 Å². The highest BCUT2D eigenvalue weighted by Crippen LogP contribution is 2.24. The van der Waals surface area contributed by atoms with Crippen LogP contribution in [0.4, 0.5) is 0 Å². The predicted molar refractivity (Wildman–Crippen MR) is 51.5 cm³/mol. The van der Waals surface area contributed by atoms with E-state index >= 15 is 0 Å². The Hall–Kier alpha value is -1.32. The van der Waals surface area contributed by atoms with Gasteiger partial charge < -0.3 is 10.0 Å². The molecule has 0 bridgehead atoms. The Balaban J connectivity index is 2.86. The van der Waals surface area contributed by atoms with Crippen molar-refractivity contribution in [3.8, 4) is 0 Å². The molecule has 0 radical (unpaired) electrons. The number of carboxylic acid groups (broad SMARTS) is 1. The first-order valence-corrected chi connectivity index (χ1v) is 4.59. The van der Waals surface area contributed by atoms with Gasteiger partial charge in [-0.05, 0) is 6.42 Å². The summed E-state index contributed by atoms with van der Waals surface area (Å²) in [5.74, 6) is -1.16. The van der Waals surface area contributed by atoms with E-state index < -0.39 is 11.4 Å². The van der Waals surface area contributed by atoms with E-state index in [0.717, 1.165) is 0 Å². The first kappa shape index (κ1) is 10.8. The summed E-state index contributed by atoms with van der Waals surface area (Å²) in [5, 5.41) is 8.84. The maximum Gasteiger partial charge on any atom is 0.352 e. The highest BCUT2D eigenvalue weighted by molar-refractivity contribution is 5.94. The van der Waals surface area contributed by atoms with Crippen LogP contribution in [0.5, 0.6) is 0 Å². The van der Waals surface area contributed by atoms with E-state index in [1.165, 1.54) is 4.90 Å². The molecule has 0 spiro atoms. The van der Waals surface area contributed by atoms with Gasteiger partial charge in [0.15, 0.2) is 0 Å². The fourth-order valence-electron chi connectivity index (χ4n) is 1.38. The van der Waals surface area contributed by atoms with Gasteiger partial charge in [0.25, 0.3) is 0 Å². The molecule has 1 amide bonds. The third-order valence-corrected chi connectivity index (χ3v) is 2.09. The molecule has 0 saturated carbocycles. The SMILES string of the molecule is CC(C)(C)C(=O)N1CCC=C1C(=O)O. The second kappa shape index (κ2) is 3.44. The third-order valence-electron chi connectivity index (χ3n) is 2.09. The lowest BCUT2D eigenvalue weighted by atomic mass is 9.94. The lowest BCUT2D eigenvalue weighted by Crippen LogP contribution is -2.39. The quantitative estimate of drug-likeness (QED) is 0.687. The van der Waals surface area contributed by atoms with Crippen LogP contribution in [0, 0.1) is 5.41 Å². The zero-order valence-corrected chi connectivity index (χ0v) is 8.70. The first-order chi connectivity index (χ1) is 6.34. The molecule has 0 aromatic carbocycles. The molecule has 4 heteroatoms. The van der Waals surface area contributed by atoms with Crippen LogP contribution in [-0.4, -0.2) is 28.4 Å². The lowest BCUT2D eigenvalue weighted by Gasteiger charge is -2.26. The van der Waals surface area contributed by atoms with Gasteiger partial charge in [0.2, 0.25) is 5.91 Å². The summed E-state index contributed by atoms with van der Waals surface area (Å²) in [6.07, 6.45) is 2.22. The Kier molecular flexibility index (Phi) is 2.64. The van der Waals surface area contributed by atoms with Gasteiger partial charge in [-0.25, -0.2) is 4.79 Å². The minimum Gasteiger partial charge on any atom is -0.477 e. The van der Waals surface area contributed by atoms with Crippen molar-refractivity contribution in [1.82, 2.24) is 4.90 Å². The van der Waals surface area contributed by atoms with Crippen LogP contribution in [0.25, 0.3) is 0 Å². The molecule has 1 aliphatic heterocycles. The van der Waals surface area contributed by atoms with Crippen LogP contribution in [0.3, 0.4) is 0 Å². The van der Waals surface area contributed by atoms with E-state index in [1.807, 2.05) is 0 Å². The maximum atomic E-state index is 11.8. The smallest absolute Gasteiger partial charge is 0.352 e. The van der Waals surface area contributed by atoms with E-state index in [2.05, 4.69) is 0 Å². The number of amides is 1. The van der Waals surface area contributed by atoms with Crippen LogP contribution in [0.15, 0.2) is 11.8 Å². The summed E-state index contributed by atoms with van der Waals surface area (Å²) >= 11 is 0. The standard InChI is InChI=1S/C10H15NO3/c1-10(2,3)9(14)11-6-4-5-7(11)8(12)13/h5H,4,6H2,1-3H3,(H,12,13). The molecular weight excluding hydrogens is 182 g/mol. The number of rotatable bonds is 1. The van der Waals surface area contributed by atoms with Gasteiger partial charge in [0.05, 0.1) is 0 Å². The number of aliphatic carboxylic acids is 1. The Morgan fingerprint density at radius 1 is 1.43 bits per heavy atom. The van der Waals surface area contributed by atoms with E-state index in [-0.39, 0.29) is 11.6 Å². The Bertz CT molecular complexity index is 299. The van der Waals surface area contributed by atoms with Crippen LogP contribution in [0.1, 0.15) is 27.2 Å². The topological polar surface area (TPSA) is 57.6 Å². The van der Waals surface area contributed by atoms with Crippen molar-refractivity contribution in [3.63, 3.8) is 0 Å². The molecule has 14 heavy (non-hydrogen) atoms. The molecule has 78 valence electrons. The molecule has 0 aromatic heterocycles. The first-order valence-electron chi connectivity index (χ1n) is 4.59. The molecule has 1 aliphatic rings. The van der Waals surface area contributed by atoms with Crippen LogP contribution >= 0.6 is 0 Å². The predicted octanol–water partition coefficient (Wildman–Crippen LogP) is 1.23. The average Bonchev–Trinajstić information content (AvgIpc) is 2.48. The Labute approximate surface area is 83.2 Å². The second-order valence-corrected chi connectivity index (χ2v) is 4.39. The van der Waals surface area contributed by atoms with Gasteiger partial charge in [-0.15, -0.1) is 0 Å². The largest absolute Gasteiger partial charge is 0.477 e. The summed E-state index contributed by atoms with van der Waals surface area (Å²) in [7, 11) is 0. The fourth-order valence-corrected chi connectivity index (χ4v) is 1.38. The number of carboxylic acids is 1. The third kappa shape index (κ3) is 1.95. The molecule has 0 fully saturated rings. The monoisotopic (exact) mass is 197 g/mol. The molecule has 0 atom stereocenters. The summed E-state index contributed by atoms with van der Waals surface area (Å²) in [4.78, 5) is 23.9. The van der Waals surface area contributed by atoms with Crippen molar-refractivity contribution < 1.29 is 14.7 Å². The Morgan fingerprint density at radius 3 is 2.43 bits per heavy atom. The Morgan fingerprint density at radius 2 is 2.00 bits per heavy atom. The summed E-state index contributed by atoms with van der Waals surface area (Å²) in [5.41, 5.74) is -0.413. The lowest BCUT2D eigenvalue weighted by molar-refractivity contribution is -0.143. The molecular formula is C10H15NO3. The van der Waals surface area contributed by atoms with Crippen molar-refractivity contribution in [2.75, 3.05) is 6.54 Å². The fraction of sp³-hybridized carbons (Fsp3) is 0.600. The normalized spacial score (nSPS) is 16.8. The van der Waals surface area contributed by atoms with Crippen molar-refractivity contribution >= 4 is 11.9 Å². The number of hydrogen-bond acceptors (Lipinski definition) is 2. The van der Waals surface area contributed by atoms with Gasteiger partial charge >= 0.3 is 5.97 Å². The van der Waals surface area contributed by atoms with Gasteiger partial charge in [-0.2, -0.15) is 0 Å². The number of carbonyl (C=O) groups is 2. The minimum absolute atomic E-state index is 0.116. The number of hydrogen-bond donors (Lipinski definition) is 1. The van der Waals surface area contributed by atoms with Crippen LogP contribution < -0.4 is 0 Å². The van der Waals surface area contributed by atoms with Gasteiger partial charge in [0, 0.05) is 12.0 Å². The van der Waals surface area contributed by atoms with Crippen LogP contribution in [0.2, 0.25) is 0 Å². The molecule has 1 rings (SSSR count). The van der Waals surface area contributed by atoms with Crippen molar-refractivity contribution in [2.24, 2.45) is 5.41 Å². The van der Waals surface area contributed by atoms with E-state index in [4.69, 9.17) is 5.11 Å².